The van der Waals surface area contributed by atoms with E-state index in [1.807, 2.05) is 36.4 Å². The van der Waals surface area contributed by atoms with Crippen LogP contribution in [0.15, 0.2) is 82.7 Å². The minimum absolute atomic E-state index is 0.210. The number of nitrogens with one attached hydrogen (secondary N) is 3. The fourth-order valence-electron chi connectivity index (χ4n) is 4.01. The third kappa shape index (κ3) is 7.66. The topological polar surface area (TPSA) is 92.3 Å². The average Bonchev–Trinajstić information content (AvgIpc) is 3.38. The van der Waals surface area contributed by atoms with E-state index in [2.05, 4.69) is 20.9 Å². The Bertz CT molecular complexity index is 1540. The molecule has 0 atom stereocenters. The molecule has 0 saturated heterocycles. The molecule has 2 amide bonds. The molecule has 0 spiro atoms. The molecule has 7 nitrogen and oxygen atoms in total. The lowest BCUT2D eigenvalue weighted by Gasteiger charge is -2.09. The highest BCUT2D eigenvalue weighted by Crippen LogP contribution is 2.39. The van der Waals surface area contributed by atoms with Gasteiger partial charge < -0.3 is 20.7 Å². The van der Waals surface area contributed by atoms with Crippen molar-refractivity contribution in [1.82, 2.24) is 15.6 Å². The molecule has 5 rings (SSSR count). The fraction of sp³-hybridized carbons (Fsp3) is 0.207. The van der Waals surface area contributed by atoms with Gasteiger partial charge in [0.15, 0.2) is 0 Å². The molecule has 3 N–H and O–H groups in total. The molecule has 1 aliphatic heterocycles. The molecule has 0 aliphatic carbocycles. The molecule has 4 aromatic rings. The number of hydrogen-bond acceptors (Lipinski definition) is 7. The van der Waals surface area contributed by atoms with E-state index in [-0.39, 0.29) is 18.4 Å². The standard InChI is InChI=1S/C29H25F3N4O3S2/c30-29(31,32)17-33-12-3-13-39-20-9-6-18(7-10-20)28-35-16-21(40-28)15-34-26(37)19-8-11-25-23(14-19)36-27(38)22-4-1-2-5-24(22)41-25/h1-2,4-11,14,16,33H,3,12-13,15,17H2,(H,34,37)(H,36,38). The van der Waals surface area contributed by atoms with Gasteiger partial charge in [0.2, 0.25) is 0 Å². The van der Waals surface area contributed by atoms with Crippen molar-refractivity contribution in [3.8, 4) is 16.3 Å². The highest BCUT2D eigenvalue weighted by Gasteiger charge is 2.26. The second-order valence-electron chi connectivity index (χ2n) is 9.10. The van der Waals surface area contributed by atoms with E-state index in [0.29, 0.717) is 42.1 Å². The Morgan fingerprint density at radius 2 is 1.83 bits per heavy atom. The summed E-state index contributed by atoms with van der Waals surface area (Å²) in [5, 5.41) is 8.93. The van der Waals surface area contributed by atoms with E-state index in [0.717, 1.165) is 25.2 Å². The first-order chi connectivity index (χ1) is 19.7. The Labute approximate surface area is 242 Å². The summed E-state index contributed by atoms with van der Waals surface area (Å²) in [7, 11) is 0. The van der Waals surface area contributed by atoms with Gasteiger partial charge in [-0.05, 0) is 67.6 Å². The Kier molecular flexibility index (Phi) is 8.91. The normalized spacial score (nSPS) is 12.6. The van der Waals surface area contributed by atoms with Crippen molar-refractivity contribution in [2.75, 3.05) is 25.0 Å². The average molecular weight is 599 g/mol. The molecule has 212 valence electrons. The van der Waals surface area contributed by atoms with Crippen LogP contribution in [0.2, 0.25) is 0 Å². The third-order valence-electron chi connectivity index (χ3n) is 6.01. The predicted molar refractivity (Wildman–Crippen MR) is 153 cm³/mol. The van der Waals surface area contributed by atoms with Gasteiger partial charge >= 0.3 is 6.18 Å². The van der Waals surface area contributed by atoms with Gasteiger partial charge in [0.25, 0.3) is 11.8 Å². The van der Waals surface area contributed by atoms with Crippen molar-refractivity contribution in [1.29, 1.82) is 0 Å². The lowest BCUT2D eigenvalue weighted by atomic mass is 10.1. The summed E-state index contributed by atoms with van der Waals surface area (Å²) in [5.74, 6) is 0.144. The maximum Gasteiger partial charge on any atom is 0.401 e. The van der Waals surface area contributed by atoms with E-state index in [1.165, 1.54) is 23.1 Å². The second-order valence-corrected chi connectivity index (χ2v) is 11.3. The molecule has 0 bridgehead atoms. The number of amides is 2. The van der Waals surface area contributed by atoms with Crippen molar-refractivity contribution in [2.45, 2.75) is 28.9 Å². The number of ether oxygens (including phenoxy) is 1. The first-order valence-electron chi connectivity index (χ1n) is 12.7. The van der Waals surface area contributed by atoms with Gasteiger partial charge in [-0.15, -0.1) is 11.3 Å². The number of carbonyl (C=O) groups excluding carboxylic acids is 2. The van der Waals surface area contributed by atoms with Gasteiger partial charge in [-0.1, -0.05) is 23.9 Å². The molecule has 0 saturated carbocycles. The van der Waals surface area contributed by atoms with Crippen LogP contribution in [0, 0.1) is 0 Å². The highest BCUT2D eigenvalue weighted by molar-refractivity contribution is 7.99. The molecule has 3 aromatic carbocycles. The predicted octanol–water partition coefficient (Wildman–Crippen LogP) is 6.38. The molecule has 0 radical (unpaired) electrons. The van der Waals surface area contributed by atoms with E-state index in [9.17, 15) is 22.8 Å². The van der Waals surface area contributed by atoms with Crippen molar-refractivity contribution >= 4 is 40.6 Å². The van der Waals surface area contributed by atoms with Crippen LogP contribution >= 0.6 is 23.1 Å². The van der Waals surface area contributed by atoms with Crippen LogP contribution in [-0.2, 0) is 6.54 Å². The minimum atomic E-state index is -4.22. The summed E-state index contributed by atoms with van der Waals surface area (Å²) in [5.41, 5.74) is 2.51. The van der Waals surface area contributed by atoms with Gasteiger partial charge in [-0.2, -0.15) is 13.2 Å². The smallest absolute Gasteiger partial charge is 0.401 e. The lowest BCUT2D eigenvalue weighted by Crippen LogP contribution is -2.30. The van der Waals surface area contributed by atoms with E-state index >= 15 is 0 Å². The zero-order valence-electron chi connectivity index (χ0n) is 21.6. The maximum atomic E-state index is 12.9. The number of halogens is 3. The van der Waals surface area contributed by atoms with E-state index in [4.69, 9.17) is 4.74 Å². The van der Waals surface area contributed by atoms with Gasteiger partial charge in [0.1, 0.15) is 10.8 Å². The second kappa shape index (κ2) is 12.8. The number of anilines is 1. The molecular formula is C29H25F3N4O3S2. The SMILES string of the molecule is O=C(NCc1cnc(-c2ccc(OCCCNCC(F)(F)F)cc2)s1)c1ccc2c(c1)NC(=O)c1ccccc1S2. The number of nitrogens with zero attached hydrogens (tertiary/aromatic N) is 1. The lowest BCUT2D eigenvalue weighted by molar-refractivity contribution is -0.124. The van der Waals surface area contributed by atoms with Crippen molar-refractivity contribution in [3.05, 3.63) is 88.9 Å². The van der Waals surface area contributed by atoms with Gasteiger partial charge in [-0.25, -0.2) is 4.98 Å². The summed E-state index contributed by atoms with van der Waals surface area (Å²) >= 11 is 2.93. The molecule has 12 heteroatoms. The van der Waals surface area contributed by atoms with Crippen molar-refractivity contribution in [3.63, 3.8) is 0 Å². The zero-order chi connectivity index (χ0) is 28.8. The van der Waals surface area contributed by atoms with Crippen LogP contribution in [0.3, 0.4) is 0 Å². The van der Waals surface area contributed by atoms with Gasteiger partial charge in [0, 0.05) is 32.0 Å². The largest absolute Gasteiger partial charge is 0.494 e. The molecule has 41 heavy (non-hydrogen) atoms. The third-order valence-corrected chi connectivity index (χ3v) is 8.21. The number of hydrogen-bond donors (Lipinski definition) is 3. The van der Waals surface area contributed by atoms with E-state index < -0.39 is 12.7 Å². The number of alkyl halides is 3. The Balaban J connectivity index is 1.12. The molecular weight excluding hydrogens is 573 g/mol. The van der Waals surface area contributed by atoms with E-state index in [1.54, 1.807) is 36.5 Å². The zero-order valence-corrected chi connectivity index (χ0v) is 23.2. The summed E-state index contributed by atoms with van der Waals surface area (Å²) in [6.07, 6.45) is -2.05. The van der Waals surface area contributed by atoms with Crippen LogP contribution in [0.4, 0.5) is 18.9 Å². The number of thiazole rings is 1. The van der Waals surface area contributed by atoms with Gasteiger partial charge in [0.05, 0.1) is 30.9 Å². The number of rotatable bonds is 10. The Morgan fingerprint density at radius 3 is 2.63 bits per heavy atom. The summed E-state index contributed by atoms with van der Waals surface area (Å²) in [4.78, 5) is 32.6. The number of aromatic nitrogens is 1. The van der Waals surface area contributed by atoms with Gasteiger partial charge in [-0.3, -0.25) is 9.59 Å². The molecule has 1 aromatic heterocycles. The van der Waals surface area contributed by atoms with Crippen LogP contribution in [0.1, 0.15) is 32.0 Å². The highest BCUT2D eigenvalue weighted by atomic mass is 32.2. The number of fused-ring (bicyclic) bond motifs is 2. The molecule has 0 fully saturated rings. The summed E-state index contributed by atoms with van der Waals surface area (Å²) in [6.45, 7) is -0.200. The summed E-state index contributed by atoms with van der Waals surface area (Å²) < 4.78 is 42.0. The number of carbonyl (C=O) groups is 2. The Hall–Kier alpha value is -3.87. The number of benzene rings is 3. The molecule has 1 aliphatic rings. The van der Waals surface area contributed by atoms with Crippen LogP contribution < -0.4 is 20.7 Å². The first kappa shape index (κ1) is 28.7. The van der Waals surface area contributed by atoms with Crippen molar-refractivity contribution < 1.29 is 27.5 Å². The van der Waals surface area contributed by atoms with Crippen LogP contribution in [0.25, 0.3) is 10.6 Å². The maximum absolute atomic E-state index is 12.9. The monoisotopic (exact) mass is 598 g/mol. The summed E-state index contributed by atoms with van der Waals surface area (Å²) in [6, 6.07) is 19.9. The molecule has 0 unspecified atom stereocenters. The molecule has 2 heterocycles. The van der Waals surface area contributed by atoms with Crippen LogP contribution in [-0.4, -0.2) is 42.7 Å². The fourth-order valence-corrected chi connectivity index (χ4v) is 5.88. The minimum Gasteiger partial charge on any atom is -0.494 e. The quantitative estimate of drug-likeness (QED) is 0.184. The van der Waals surface area contributed by atoms with Crippen LogP contribution in [0.5, 0.6) is 5.75 Å². The first-order valence-corrected chi connectivity index (χ1v) is 14.3. The van der Waals surface area contributed by atoms with Crippen molar-refractivity contribution in [2.24, 2.45) is 0 Å². The Morgan fingerprint density at radius 1 is 1.02 bits per heavy atom.